The van der Waals surface area contributed by atoms with Crippen LogP contribution in [0.25, 0.3) is 0 Å². The van der Waals surface area contributed by atoms with Crippen molar-refractivity contribution in [2.45, 2.75) is 6.54 Å². The van der Waals surface area contributed by atoms with Crippen LogP contribution in [0.3, 0.4) is 0 Å². The fourth-order valence-electron chi connectivity index (χ4n) is 2.62. The van der Waals surface area contributed by atoms with Gasteiger partial charge in [0.1, 0.15) is 11.0 Å². The van der Waals surface area contributed by atoms with Crippen LogP contribution in [-0.2, 0) is 6.54 Å². The van der Waals surface area contributed by atoms with Gasteiger partial charge in [-0.25, -0.2) is 9.67 Å². The molecule has 0 spiro atoms. The predicted molar refractivity (Wildman–Crippen MR) is 113 cm³/mol. The van der Waals surface area contributed by atoms with Gasteiger partial charge < -0.3 is 14.8 Å². The standard InChI is InChI=1S/C18H14Cl4N4O3/c1-28-10-5-3-4-9(16(10)29-2)8-26-11(6-7-23-26)24-18(27)15-13(20)12(19)14(21)17(22)25-15/h3-7H,8H2,1-2H3,(H,24,27). The number of carbonyl (C=O) groups is 1. The fourth-order valence-corrected chi connectivity index (χ4v) is 3.43. The molecule has 2 heterocycles. The van der Waals surface area contributed by atoms with Crippen LogP contribution in [0.5, 0.6) is 11.5 Å². The lowest BCUT2D eigenvalue weighted by atomic mass is 10.2. The topological polar surface area (TPSA) is 78.3 Å². The third kappa shape index (κ3) is 4.38. The van der Waals surface area contributed by atoms with Crippen molar-refractivity contribution >= 4 is 58.1 Å². The Morgan fingerprint density at radius 3 is 2.52 bits per heavy atom. The van der Waals surface area contributed by atoms with Crippen LogP contribution in [0.2, 0.25) is 20.2 Å². The first-order chi connectivity index (χ1) is 13.9. The minimum Gasteiger partial charge on any atom is -0.493 e. The molecular formula is C18H14Cl4N4O3. The van der Waals surface area contributed by atoms with E-state index >= 15 is 0 Å². The number of rotatable bonds is 6. The van der Waals surface area contributed by atoms with Gasteiger partial charge in [-0.05, 0) is 6.07 Å². The van der Waals surface area contributed by atoms with Crippen LogP contribution in [-0.4, -0.2) is 34.9 Å². The Hall–Kier alpha value is -2.19. The number of amides is 1. The summed E-state index contributed by atoms with van der Waals surface area (Å²) in [4.78, 5) is 16.6. The number of ether oxygens (including phenoxy) is 2. The molecule has 7 nitrogen and oxygen atoms in total. The lowest BCUT2D eigenvalue weighted by Crippen LogP contribution is -2.18. The number of aromatic nitrogens is 3. The summed E-state index contributed by atoms with van der Waals surface area (Å²) in [6.45, 7) is 0.312. The van der Waals surface area contributed by atoms with Crippen molar-refractivity contribution in [3.8, 4) is 11.5 Å². The molecule has 0 aliphatic heterocycles. The van der Waals surface area contributed by atoms with Gasteiger partial charge in [-0.3, -0.25) is 4.79 Å². The van der Waals surface area contributed by atoms with Crippen LogP contribution in [0.4, 0.5) is 5.82 Å². The van der Waals surface area contributed by atoms with Gasteiger partial charge in [-0.2, -0.15) is 5.10 Å². The lowest BCUT2D eigenvalue weighted by Gasteiger charge is -2.14. The van der Waals surface area contributed by atoms with Gasteiger partial charge in [0.2, 0.25) is 0 Å². The molecule has 0 saturated heterocycles. The quantitative estimate of drug-likeness (QED) is 0.495. The van der Waals surface area contributed by atoms with E-state index in [0.717, 1.165) is 5.56 Å². The Labute approximate surface area is 186 Å². The zero-order chi connectivity index (χ0) is 21.1. The highest BCUT2D eigenvalue weighted by atomic mass is 35.5. The van der Waals surface area contributed by atoms with Crippen LogP contribution in [0.15, 0.2) is 30.5 Å². The Morgan fingerprint density at radius 2 is 1.83 bits per heavy atom. The molecule has 1 N–H and O–H groups in total. The fraction of sp³-hybridized carbons (Fsp3) is 0.167. The number of halogens is 4. The number of nitrogens with zero attached hydrogens (tertiary/aromatic N) is 3. The number of anilines is 1. The molecule has 29 heavy (non-hydrogen) atoms. The van der Waals surface area contributed by atoms with E-state index in [4.69, 9.17) is 55.9 Å². The van der Waals surface area contributed by atoms with E-state index < -0.39 is 5.91 Å². The minimum absolute atomic E-state index is 0.0231. The molecule has 0 fully saturated rings. The smallest absolute Gasteiger partial charge is 0.277 e. The van der Waals surface area contributed by atoms with Gasteiger partial charge in [0.25, 0.3) is 5.91 Å². The molecule has 0 radical (unpaired) electrons. The van der Waals surface area contributed by atoms with Crippen LogP contribution >= 0.6 is 46.4 Å². The minimum atomic E-state index is -0.616. The second-order valence-electron chi connectivity index (χ2n) is 5.67. The van der Waals surface area contributed by atoms with Crippen molar-refractivity contribution in [1.29, 1.82) is 0 Å². The number of carbonyl (C=O) groups excluding carboxylic acids is 1. The van der Waals surface area contributed by atoms with Gasteiger partial charge >= 0.3 is 0 Å². The average Bonchev–Trinajstić information content (AvgIpc) is 3.15. The first kappa shape index (κ1) is 21.5. The van der Waals surface area contributed by atoms with Crippen molar-refractivity contribution in [2.75, 3.05) is 19.5 Å². The second-order valence-corrected chi connectivity index (χ2v) is 7.17. The maximum atomic E-state index is 12.7. The summed E-state index contributed by atoms with van der Waals surface area (Å²) in [5.41, 5.74) is 0.651. The molecule has 0 aliphatic rings. The zero-order valence-corrected chi connectivity index (χ0v) is 18.2. The van der Waals surface area contributed by atoms with Gasteiger partial charge in [0, 0.05) is 11.6 Å². The molecule has 0 saturated carbocycles. The van der Waals surface area contributed by atoms with E-state index in [9.17, 15) is 4.79 Å². The Kier molecular flexibility index (Phi) is 6.74. The first-order valence-corrected chi connectivity index (χ1v) is 9.61. The van der Waals surface area contributed by atoms with E-state index in [1.165, 1.54) is 0 Å². The van der Waals surface area contributed by atoms with Crippen LogP contribution in [0.1, 0.15) is 16.1 Å². The highest BCUT2D eigenvalue weighted by Crippen LogP contribution is 2.36. The van der Waals surface area contributed by atoms with Crippen molar-refractivity contribution in [3.63, 3.8) is 0 Å². The number of methoxy groups -OCH3 is 2. The molecule has 11 heteroatoms. The third-order valence-corrected chi connectivity index (χ3v) is 5.64. The monoisotopic (exact) mass is 474 g/mol. The number of hydrogen-bond donors (Lipinski definition) is 1. The van der Waals surface area contributed by atoms with E-state index in [1.54, 1.807) is 37.2 Å². The average molecular weight is 476 g/mol. The molecule has 1 aromatic carbocycles. The summed E-state index contributed by atoms with van der Waals surface area (Å²) in [7, 11) is 3.11. The molecule has 3 aromatic rings. The molecule has 0 atom stereocenters. The molecule has 0 bridgehead atoms. The highest BCUT2D eigenvalue weighted by Gasteiger charge is 2.21. The number of hydrogen-bond acceptors (Lipinski definition) is 5. The van der Waals surface area contributed by atoms with E-state index in [-0.39, 0.29) is 25.9 Å². The molecule has 2 aromatic heterocycles. The molecular weight excluding hydrogens is 462 g/mol. The number of nitrogens with one attached hydrogen (secondary N) is 1. The normalized spacial score (nSPS) is 10.7. The lowest BCUT2D eigenvalue weighted by molar-refractivity contribution is 0.102. The summed E-state index contributed by atoms with van der Waals surface area (Å²) in [5.74, 6) is 0.947. The summed E-state index contributed by atoms with van der Waals surface area (Å²) >= 11 is 23.9. The Morgan fingerprint density at radius 1 is 1.07 bits per heavy atom. The van der Waals surface area contributed by atoms with Crippen LogP contribution < -0.4 is 14.8 Å². The molecule has 0 unspecified atom stereocenters. The molecule has 152 valence electrons. The first-order valence-electron chi connectivity index (χ1n) is 8.10. The zero-order valence-electron chi connectivity index (χ0n) is 15.2. The largest absolute Gasteiger partial charge is 0.493 e. The van der Waals surface area contributed by atoms with Crippen LogP contribution in [0, 0.1) is 0 Å². The number of para-hydroxylation sites is 1. The maximum Gasteiger partial charge on any atom is 0.277 e. The van der Waals surface area contributed by atoms with Crippen molar-refractivity contribution < 1.29 is 14.3 Å². The van der Waals surface area contributed by atoms with E-state index in [1.807, 2.05) is 12.1 Å². The molecule has 0 aliphatic carbocycles. The van der Waals surface area contributed by atoms with E-state index in [0.29, 0.717) is 23.9 Å². The summed E-state index contributed by atoms with van der Waals surface area (Å²) in [5, 5.41) is 6.64. The molecule has 3 rings (SSSR count). The second kappa shape index (κ2) is 9.09. The maximum absolute atomic E-state index is 12.7. The van der Waals surface area contributed by atoms with Gasteiger partial charge in [0.15, 0.2) is 17.2 Å². The molecule has 1 amide bonds. The highest BCUT2D eigenvalue weighted by molar-refractivity contribution is 6.52. The van der Waals surface area contributed by atoms with Gasteiger partial charge in [0.05, 0.1) is 42.0 Å². The van der Waals surface area contributed by atoms with Crippen molar-refractivity contribution in [3.05, 3.63) is 61.9 Å². The third-order valence-electron chi connectivity index (χ3n) is 3.96. The number of pyridine rings is 1. The van der Waals surface area contributed by atoms with Gasteiger partial charge in [-0.1, -0.05) is 58.5 Å². The Bertz CT molecular complexity index is 1070. The SMILES string of the molecule is COc1cccc(Cn2nccc2NC(=O)c2nc(Cl)c(Cl)c(Cl)c2Cl)c1OC. The Balaban J connectivity index is 1.88. The van der Waals surface area contributed by atoms with Crippen molar-refractivity contribution in [2.24, 2.45) is 0 Å². The van der Waals surface area contributed by atoms with Crippen molar-refractivity contribution in [1.82, 2.24) is 14.8 Å². The summed E-state index contributed by atoms with van der Waals surface area (Å²) in [6, 6.07) is 7.11. The van der Waals surface area contributed by atoms with Gasteiger partial charge in [-0.15, -0.1) is 0 Å². The number of benzene rings is 1. The summed E-state index contributed by atoms with van der Waals surface area (Å²) in [6.07, 6.45) is 1.54. The van der Waals surface area contributed by atoms with E-state index in [2.05, 4.69) is 15.4 Å². The summed E-state index contributed by atoms with van der Waals surface area (Å²) < 4.78 is 12.3. The predicted octanol–water partition coefficient (Wildman–Crippen LogP) is 5.21.